The number of unbranched alkanes of at least 4 members (excludes halogenated alkanes) is 3. The Morgan fingerprint density at radius 3 is 2.53 bits per heavy atom. The molecule has 0 radical (unpaired) electrons. The standard InChI is InChI=1S/C25H38F2N4O4S/c1-19(2)36(33,34)31-14-13-30(18-31)22(17-28)23(24(32)29-21-11-9-10-20(26)16-21)35-15-8-6-5-7-12-25(3,4)27/h9-11,16-17,19,28H,5-8,12-15,18H2,1-4H3,(H,29,32)/b23-22-,28-17?. The first-order valence-corrected chi connectivity index (χ1v) is 13.7. The van der Waals surface area contributed by atoms with Crippen molar-refractivity contribution in [3.8, 4) is 0 Å². The maximum atomic E-state index is 13.6. The summed E-state index contributed by atoms with van der Waals surface area (Å²) in [6.45, 7) is 6.98. The monoisotopic (exact) mass is 528 g/mol. The number of ether oxygens (including phenoxy) is 1. The van der Waals surface area contributed by atoms with Crippen molar-refractivity contribution in [3.63, 3.8) is 0 Å². The van der Waals surface area contributed by atoms with Gasteiger partial charge in [-0.3, -0.25) is 4.79 Å². The molecular weight excluding hydrogens is 490 g/mol. The Kier molecular flexibility index (Phi) is 10.8. The van der Waals surface area contributed by atoms with Gasteiger partial charge in [-0.1, -0.05) is 25.3 Å². The van der Waals surface area contributed by atoms with Gasteiger partial charge in [-0.2, -0.15) is 4.31 Å². The number of nitrogens with zero attached hydrogens (tertiary/aromatic N) is 2. The van der Waals surface area contributed by atoms with Crippen LogP contribution in [0.4, 0.5) is 14.5 Å². The minimum Gasteiger partial charge on any atom is -0.486 e. The van der Waals surface area contributed by atoms with Gasteiger partial charge in [-0.05, 0) is 58.7 Å². The summed E-state index contributed by atoms with van der Waals surface area (Å²) in [6.07, 6.45) is 4.39. The normalized spacial score (nSPS) is 15.7. The van der Waals surface area contributed by atoms with Crippen LogP contribution in [0.1, 0.15) is 59.8 Å². The van der Waals surface area contributed by atoms with E-state index in [0.717, 1.165) is 25.5 Å². The number of anilines is 1. The Hall–Kier alpha value is -2.53. The van der Waals surface area contributed by atoms with Gasteiger partial charge in [0.15, 0.2) is 0 Å². The van der Waals surface area contributed by atoms with Crippen molar-refractivity contribution in [1.29, 1.82) is 5.41 Å². The number of carbonyl (C=O) groups is 1. The Morgan fingerprint density at radius 2 is 1.92 bits per heavy atom. The number of benzene rings is 1. The summed E-state index contributed by atoms with van der Waals surface area (Å²) < 4.78 is 59.5. The van der Waals surface area contributed by atoms with Gasteiger partial charge in [0.25, 0.3) is 5.91 Å². The van der Waals surface area contributed by atoms with Crippen molar-refractivity contribution in [2.75, 3.05) is 31.7 Å². The van der Waals surface area contributed by atoms with E-state index in [0.29, 0.717) is 12.8 Å². The molecule has 1 heterocycles. The third-order valence-electron chi connectivity index (χ3n) is 5.81. The van der Waals surface area contributed by atoms with Crippen LogP contribution in [0.5, 0.6) is 0 Å². The quantitative estimate of drug-likeness (QED) is 0.158. The van der Waals surface area contributed by atoms with Crippen molar-refractivity contribution < 1.29 is 26.7 Å². The van der Waals surface area contributed by atoms with Crippen LogP contribution in [0.3, 0.4) is 0 Å². The number of rotatable bonds is 14. The molecule has 1 aliphatic heterocycles. The number of hydrogen-bond donors (Lipinski definition) is 2. The topological polar surface area (TPSA) is 103 Å². The maximum Gasteiger partial charge on any atom is 0.293 e. The first kappa shape index (κ1) is 29.7. The van der Waals surface area contributed by atoms with Crippen molar-refractivity contribution in [2.24, 2.45) is 0 Å². The minimum atomic E-state index is -3.51. The summed E-state index contributed by atoms with van der Waals surface area (Å²) in [5.41, 5.74) is -0.832. The van der Waals surface area contributed by atoms with Crippen LogP contribution in [0.2, 0.25) is 0 Å². The lowest BCUT2D eigenvalue weighted by atomic mass is 10.0. The second-order valence-electron chi connectivity index (χ2n) is 9.73. The third kappa shape index (κ3) is 8.85. The number of hydrogen-bond acceptors (Lipinski definition) is 6. The molecule has 202 valence electrons. The molecule has 0 aliphatic carbocycles. The molecule has 8 nitrogen and oxygen atoms in total. The number of nitrogens with one attached hydrogen (secondary N) is 2. The van der Waals surface area contributed by atoms with Crippen LogP contribution in [-0.4, -0.2) is 67.0 Å². The molecule has 1 amide bonds. The number of amides is 1. The highest BCUT2D eigenvalue weighted by molar-refractivity contribution is 7.89. The average molecular weight is 529 g/mol. The number of allylic oxidation sites excluding steroid dienone is 1. The smallest absolute Gasteiger partial charge is 0.293 e. The number of carbonyl (C=O) groups excluding carboxylic acids is 1. The van der Waals surface area contributed by atoms with Gasteiger partial charge in [0.2, 0.25) is 15.8 Å². The molecule has 11 heteroatoms. The molecule has 0 saturated carbocycles. The average Bonchev–Trinajstić information content (AvgIpc) is 3.27. The van der Waals surface area contributed by atoms with E-state index in [9.17, 15) is 22.0 Å². The fraction of sp³-hybridized carbons (Fsp3) is 0.600. The number of alkyl halides is 1. The highest BCUT2D eigenvalue weighted by atomic mass is 32.2. The fourth-order valence-electron chi connectivity index (χ4n) is 3.75. The number of sulfonamides is 1. The zero-order valence-corrected chi connectivity index (χ0v) is 22.3. The van der Waals surface area contributed by atoms with Crippen molar-refractivity contribution >= 4 is 27.8 Å². The lowest BCUT2D eigenvalue weighted by Gasteiger charge is -2.23. The van der Waals surface area contributed by atoms with Gasteiger partial charge in [0.05, 0.1) is 18.5 Å². The van der Waals surface area contributed by atoms with Crippen molar-refractivity contribution in [3.05, 3.63) is 41.5 Å². The zero-order chi connectivity index (χ0) is 26.9. The van der Waals surface area contributed by atoms with Gasteiger partial charge in [0, 0.05) is 25.0 Å². The van der Waals surface area contributed by atoms with Crippen molar-refractivity contribution in [2.45, 2.75) is 70.7 Å². The second-order valence-corrected chi connectivity index (χ2v) is 12.2. The summed E-state index contributed by atoms with van der Waals surface area (Å²) in [4.78, 5) is 14.7. The van der Waals surface area contributed by atoms with Gasteiger partial charge in [-0.15, -0.1) is 0 Å². The Morgan fingerprint density at radius 1 is 1.22 bits per heavy atom. The van der Waals surface area contributed by atoms with Crippen LogP contribution >= 0.6 is 0 Å². The molecule has 1 aliphatic rings. The molecule has 1 aromatic rings. The molecule has 0 unspecified atom stereocenters. The predicted octanol–water partition coefficient (Wildman–Crippen LogP) is 4.65. The summed E-state index contributed by atoms with van der Waals surface area (Å²) >= 11 is 0. The van der Waals surface area contributed by atoms with Gasteiger partial charge >= 0.3 is 0 Å². The lowest BCUT2D eigenvalue weighted by molar-refractivity contribution is -0.116. The molecule has 2 rings (SSSR count). The molecular formula is C25H38F2N4O4S. The molecule has 0 bridgehead atoms. The Balaban J connectivity index is 2.16. The summed E-state index contributed by atoms with van der Waals surface area (Å²) in [5, 5.41) is 9.95. The fourth-order valence-corrected chi connectivity index (χ4v) is 4.98. The van der Waals surface area contributed by atoms with E-state index in [2.05, 4.69) is 5.32 Å². The van der Waals surface area contributed by atoms with E-state index in [1.54, 1.807) is 32.6 Å². The first-order valence-electron chi connectivity index (χ1n) is 12.2. The highest BCUT2D eigenvalue weighted by Gasteiger charge is 2.34. The molecule has 2 N–H and O–H groups in total. The van der Waals surface area contributed by atoms with Gasteiger partial charge in [0.1, 0.15) is 17.2 Å². The van der Waals surface area contributed by atoms with Crippen LogP contribution < -0.4 is 5.32 Å². The summed E-state index contributed by atoms with van der Waals surface area (Å²) in [6, 6.07) is 5.41. The largest absolute Gasteiger partial charge is 0.486 e. The van der Waals surface area contributed by atoms with Crippen LogP contribution in [0, 0.1) is 11.2 Å². The van der Waals surface area contributed by atoms with Crippen LogP contribution in [0.25, 0.3) is 0 Å². The summed E-state index contributed by atoms with van der Waals surface area (Å²) in [7, 11) is -3.51. The van der Waals surface area contributed by atoms with E-state index in [1.165, 1.54) is 28.6 Å². The van der Waals surface area contributed by atoms with E-state index >= 15 is 0 Å². The molecule has 1 fully saturated rings. The Bertz CT molecular complexity index is 1040. The first-order chi connectivity index (χ1) is 16.8. The van der Waals surface area contributed by atoms with Crippen molar-refractivity contribution in [1.82, 2.24) is 9.21 Å². The van der Waals surface area contributed by atoms with Gasteiger partial charge < -0.3 is 20.4 Å². The lowest BCUT2D eigenvalue weighted by Crippen LogP contribution is -2.36. The molecule has 36 heavy (non-hydrogen) atoms. The maximum absolute atomic E-state index is 13.6. The van der Waals surface area contributed by atoms with E-state index in [-0.39, 0.29) is 43.5 Å². The third-order valence-corrected chi connectivity index (χ3v) is 8.02. The predicted molar refractivity (Wildman–Crippen MR) is 137 cm³/mol. The molecule has 1 aromatic carbocycles. The minimum absolute atomic E-state index is 0.00958. The van der Waals surface area contributed by atoms with Gasteiger partial charge in [-0.25, -0.2) is 17.2 Å². The molecule has 1 saturated heterocycles. The van der Waals surface area contributed by atoms with E-state index < -0.39 is 32.7 Å². The SMILES string of the molecule is CC(C)S(=O)(=O)N1CCN(/C(C=N)=C(\OCCCCCCC(C)(C)F)C(=O)Nc2cccc(F)c2)C1. The van der Waals surface area contributed by atoms with E-state index in [1.807, 2.05) is 0 Å². The number of halogens is 2. The Labute approximate surface area is 213 Å². The van der Waals surface area contributed by atoms with E-state index in [4.69, 9.17) is 10.1 Å². The second kappa shape index (κ2) is 13.1. The highest BCUT2D eigenvalue weighted by Crippen LogP contribution is 2.22. The van der Waals surface area contributed by atoms with Crippen LogP contribution in [-0.2, 0) is 19.6 Å². The summed E-state index contributed by atoms with van der Waals surface area (Å²) in [5.74, 6) is -1.32. The molecule has 0 atom stereocenters. The zero-order valence-electron chi connectivity index (χ0n) is 21.5. The molecule has 0 spiro atoms. The molecule has 0 aromatic heterocycles. The van der Waals surface area contributed by atoms with Crippen LogP contribution in [0.15, 0.2) is 35.7 Å².